The van der Waals surface area contributed by atoms with Gasteiger partial charge in [-0.05, 0) is 25.7 Å². The van der Waals surface area contributed by atoms with Crippen LogP contribution in [0.3, 0.4) is 0 Å². The first-order valence-electron chi connectivity index (χ1n) is 9.60. The second-order valence-corrected chi connectivity index (χ2v) is 7.35. The molecular weight excluding hydrogens is 384 g/mol. The minimum absolute atomic E-state index is 0.337. The van der Waals surface area contributed by atoms with Crippen molar-refractivity contribution in [3.63, 3.8) is 0 Å². The van der Waals surface area contributed by atoms with Crippen molar-refractivity contribution in [2.45, 2.75) is 70.6 Å². The predicted molar refractivity (Wildman–Crippen MR) is 102 cm³/mol. The molecule has 5 unspecified atom stereocenters. The van der Waals surface area contributed by atoms with Crippen molar-refractivity contribution in [3.05, 3.63) is 0 Å². The van der Waals surface area contributed by atoms with Crippen LogP contribution >= 0.6 is 0 Å². The fraction of sp³-hybridized carbons (Fsp3) is 0.722. The Morgan fingerprint density at radius 1 is 1.14 bits per heavy atom. The maximum absolute atomic E-state index is 12.7. The van der Waals surface area contributed by atoms with Crippen LogP contribution in [0.25, 0.3) is 0 Å². The van der Waals surface area contributed by atoms with Gasteiger partial charge in [-0.25, -0.2) is 4.79 Å². The molecule has 1 aliphatic heterocycles. The second kappa shape index (κ2) is 10.7. The molecule has 3 amide bonds. The molecule has 6 N–H and O–H groups in total. The first kappa shape index (κ1) is 24.3. The summed E-state index contributed by atoms with van der Waals surface area (Å²) in [7, 11) is 0. The van der Waals surface area contributed by atoms with Gasteiger partial charge in [-0.2, -0.15) is 0 Å². The van der Waals surface area contributed by atoms with E-state index in [-0.39, 0.29) is 0 Å². The minimum atomic E-state index is -1.47. The van der Waals surface area contributed by atoms with Gasteiger partial charge in [-0.1, -0.05) is 20.3 Å². The van der Waals surface area contributed by atoms with Crippen LogP contribution in [-0.2, 0) is 24.0 Å². The maximum Gasteiger partial charge on any atom is 0.326 e. The molecule has 164 valence electrons. The van der Waals surface area contributed by atoms with Crippen molar-refractivity contribution in [1.82, 2.24) is 15.5 Å². The second-order valence-electron chi connectivity index (χ2n) is 7.35. The molecule has 29 heavy (non-hydrogen) atoms. The van der Waals surface area contributed by atoms with E-state index in [1.807, 2.05) is 0 Å². The molecule has 0 aromatic carbocycles. The molecule has 1 heterocycles. The lowest BCUT2D eigenvalue weighted by Gasteiger charge is -2.28. The number of nitrogens with zero attached hydrogens (tertiary/aromatic N) is 1. The van der Waals surface area contributed by atoms with Crippen molar-refractivity contribution < 1.29 is 34.2 Å². The Hall–Kier alpha value is -2.69. The number of carboxylic acid groups (broad SMARTS) is 2. The van der Waals surface area contributed by atoms with Gasteiger partial charge in [-0.15, -0.1) is 0 Å². The zero-order chi connectivity index (χ0) is 22.3. The van der Waals surface area contributed by atoms with Crippen LogP contribution < -0.4 is 16.4 Å². The summed E-state index contributed by atoms with van der Waals surface area (Å²) in [6.07, 6.45) is 0.680. The summed E-state index contributed by atoms with van der Waals surface area (Å²) in [5.41, 5.74) is 5.60. The molecule has 1 aliphatic rings. The van der Waals surface area contributed by atoms with Crippen molar-refractivity contribution >= 4 is 29.7 Å². The van der Waals surface area contributed by atoms with Crippen LogP contribution in [0.4, 0.5) is 0 Å². The van der Waals surface area contributed by atoms with E-state index in [2.05, 4.69) is 10.6 Å². The van der Waals surface area contributed by atoms with E-state index in [1.54, 1.807) is 13.8 Å². The molecule has 1 fully saturated rings. The topological polar surface area (TPSA) is 179 Å². The van der Waals surface area contributed by atoms with Gasteiger partial charge >= 0.3 is 11.9 Å². The Morgan fingerprint density at radius 2 is 1.76 bits per heavy atom. The standard InChI is InChI=1S/C18H30N4O7/c1-4-9(2)14(18(28)29)21-15(25)11(8-13(23)24)20-16(26)12-6-5-7-22(12)17(27)10(3)19/h9-12,14H,4-8,19H2,1-3H3,(H,20,26)(H,21,25)(H,23,24)(H,28,29). The van der Waals surface area contributed by atoms with Crippen LogP contribution in [-0.4, -0.2) is 75.5 Å². The molecule has 0 radical (unpaired) electrons. The van der Waals surface area contributed by atoms with Gasteiger partial charge in [0.2, 0.25) is 17.7 Å². The Kier molecular flexibility index (Phi) is 9.02. The van der Waals surface area contributed by atoms with Crippen LogP contribution in [0.5, 0.6) is 0 Å². The molecular formula is C18H30N4O7. The van der Waals surface area contributed by atoms with Gasteiger partial charge < -0.3 is 31.5 Å². The van der Waals surface area contributed by atoms with Crippen LogP contribution in [0.1, 0.15) is 46.5 Å². The van der Waals surface area contributed by atoms with Gasteiger partial charge in [0.05, 0.1) is 12.5 Å². The number of carboxylic acids is 2. The SMILES string of the molecule is CCC(C)C(NC(=O)C(CC(=O)O)NC(=O)C1CCCN1C(=O)C(C)N)C(=O)O. The van der Waals surface area contributed by atoms with E-state index in [1.165, 1.54) is 11.8 Å². The minimum Gasteiger partial charge on any atom is -0.481 e. The number of nitrogens with two attached hydrogens (primary N) is 1. The average molecular weight is 414 g/mol. The number of hydrogen-bond acceptors (Lipinski definition) is 6. The first-order chi connectivity index (χ1) is 13.5. The Bertz CT molecular complexity index is 652. The summed E-state index contributed by atoms with van der Waals surface area (Å²) >= 11 is 0. The lowest BCUT2D eigenvalue weighted by molar-refractivity contribution is -0.145. The predicted octanol–water partition coefficient (Wildman–Crippen LogP) is -1.10. The quantitative estimate of drug-likeness (QED) is 0.299. The average Bonchev–Trinajstić information content (AvgIpc) is 3.13. The molecule has 11 heteroatoms. The highest BCUT2D eigenvalue weighted by atomic mass is 16.4. The van der Waals surface area contributed by atoms with Crippen molar-refractivity contribution in [3.8, 4) is 0 Å². The summed E-state index contributed by atoms with van der Waals surface area (Å²) in [6.45, 7) is 5.23. The fourth-order valence-corrected chi connectivity index (χ4v) is 3.15. The summed E-state index contributed by atoms with van der Waals surface area (Å²) in [6, 6.07) is -4.35. The molecule has 1 saturated heterocycles. The van der Waals surface area contributed by atoms with Crippen LogP contribution in [0.15, 0.2) is 0 Å². The smallest absolute Gasteiger partial charge is 0.326 e. The van der Waals surface area contributed by atoms with Crippen molar-refractivity contribution in [2.75, 3.05) is 6.54 Å². The number of amides is 3. The van der Waals surface area contributed by atoms with Crippen LogP contribution in [0, 0.1) is 5.92 Å². The van der Waals surface area contributed by atoms with Crippen LogP contribution in [0.2, 0.25) is 0 Å². The zero-order valence-corrected chi connectivity index (χ0v) is 16.9. The highest BCUT2D eigenvalue weighted by Gasteiger charge is 2.38. The molecule has 0 bridgehead atoms. The zero-order valence-electron chi connectivity index (χ0n) is 16.9. The monoisotopic (exact) mass is 414 g/mol. The van der Waals surface area contributed by atoms with E-state index in [9.17, 15) is 29.1 Å². The Balaban J connectivity index is 2.93. The third-order valence-electron chi connectivity index (χ3n) is 5.02. The van der Waals surface area contributed by atoms with E-state index in [0.717, 1.165) is 0 Å². The van der Waals surface area contributed by atoms with E-state index in [4.69, 9.17) is 10.8 Å². The van der Waals surface area contributed by atoms with E-state index < -0.39 is 66.2 Å². The number of nitrogens with one attached hydrogen (secondary N) is 2. The lowest BCUT2D eigenvalue weighted by Crippen LogP contribution is -2.57. The highest BCUT2D eigenvalue weighted by molar-refractivity contribution is 5.95. The molecule has 0 saturated carbocycles. The summed E-state index contributed by atoms with van der Waals surface area (Å²) in [5.74, 6) is -4.98. The fourth-order valence-electron chi connectivity index (χ4n) is 3.15. The molecule has 0 aliphatic carbocycles. The van der Waals surface area contributed by atoms with Gasteiger partial charge in [0.15, 0.2) is 0 Å². The van der Waals surface area contributed by atoms with Gasteiger partial charge in [0.1, 0.15) is 18.1 Å². The number of hydrogen-bond donors (Lipinski definition) is 5. The van der Waals surface area contributed by atoms with E-state index >= 15 is 0 Å². The summed E-state index contributed by atoms with van der Waals surface area (Å²) in [5, 5.41) is 23.1. The summed E-state index contributed by atoms with van der Waals surface area (Å²) < 4.78 is 0. The Labute approximate surface area is 169 Å². The number of aliphatic carboxylic acids is 2. The van der Waals surface area contributed by atoms with Crippen molar-refractivity contribution in [2.24, 2.45) is 11.7 Å². The third-order valence-corrected chi connectivity index (χ3v) is 5.02. The molecule has 1 rings (SSSR count). The summed E-state index contributed by atoms with van der Waals surface area (Å²) in [4.78, 5) is 61.2. The highest BCUT2D eigenvalue weighted by Crippen LogP contribution is 2.18. The molecule has 5 atom stereocenters. The molecule has 11 nitrogen and oxygen atoms in total. The Morgan fingerprint density at radius 3 is 2.24 bits per heavy atom. The first-order valence-corrected chi connectivity index (χ1v) is 9.60. The number of carbonyl (C=O) groups is 5. The normalized spacial score (nSPS) is 20.3. The maximum atomic E-state index is 12.7. The number of rotatable bonds is 10. The van der Waals surface area contributed by atoms with Gasteiger partial charge in [-0.3, -0.25) is 19.2 Å². The molecule has 0 aromatic rings. The molecule has 0 aromatic heterocycles. The van der Waals surface area contributed by atoms with E-state index in [0.29, 0.717) is 25.8 Å². The third kappa shape index (κ3) is 6.70. The lowest BCUT2D eigenvalue weighted by atomic mass is 9.98. The largest absolute Gasteiger partial charge is 0.481 e. The van der Waals surface area contributed by atoms with Gasteiger partial charge in [0, 0.05) is 6.54 Å². The number of carbonyl (C=O) groups excluding carboxylic acids is 3. The number of likely N-dealkylation sites (tertiary alicyclic amines) is 1. The van der Waals surface area contributed by atoms with Gasteiger partial charge in [0.25, 0.3) is 0 Å². The molecule has 0 spiro atoms. The van der Waals surface area contributed by atoms with Crippen molar-refractivity contribution in [1.29, 1.82) is 0 Å².